The number of carbonyl (C=O) groups excluding carboxylic acids is 1. The summed E-state index contributed by atoms with van der Waals surface area (Å²) in [6.45, 7) is 4.43. The number of amides is 1. The monoisotopic (exact) mass is 384 g/mol. The summed E-state index contributed by atoms with van der Waals surface area (Å²) in [5, 5.41) is 3.14. The highest BCUT2D eigenvalue weighted by Gasteiger charge is 2.34. The number of carbonyl (C=O) groups is 1. The minimum absolute atomic E-state index is 0.0645. The summed E-state index contributed by atoms with van der Waals surface area (Å²) in [4.78, 5) is 15.2. The Kier molecular flexibility index (Phi) is 5.81. The van der Waals surface area contributed by atoms with Gasteiger partial charge in [0.2, 0.25) is 5.91 Å². The molecule has 2 atom stereocenters. The van der Waals surface area contributed by atoms with Gasteiger partial charge in [0, 0.05) is 13.0 Å². The zero-order valence-corrected chi connectivity index (χ0v) is 16.5. The van der Waals surface area contributed by atoms with Crippen molar-refractivity contribution in [2.24, 2.45) is 5.92 Å². The van der Waals surface area contributed by atoms with E-state index in [9.17, 15) is 9.18 Å². The molecule has 150 valence electrons. The van der Waals surface area contributed by atoms with E-state index < -0.39 is 0 Å². The van der Waals surface area contributed by atoms with E-state index in [1.165, 1.54) is 18.9 Å². The number of rotatable bonds is 8. The lowest BCUT2D eigenvalue weighted by Crippen LogP contribution is -2.37. The third kappa shape index (κ3) is 4.46. The van der Waals surface area contributed by atoms with E-state index in [1.54, 1.807) is 13.2 Å². The number of furan rings is 1. The Balaban J connectivity index is 1.39. The predicted molar refractivity (Wildman–Crippen MR) is 106 cm³/mol. The largest absolute Gasteiger partial charge is 0.468 e. The fraction of sp³-hybridized carbons (Fsp3) is 0.522. The van der Waals surface area contributed by atoms with Gasteiger partial charge in [0.1, 0.15) is 11.6 Å². The number of halogens is 1. The van der Waals surface area contributed by atoms with Crippen LogP contribution in [0.25, 0.3) is 0 Å². The molecule has 5 heteroatoms. The van der Waals surface area contributed by atoms with Crippen molar-refractivity contribution in [3.63, 3.8) is 0 Å². The molecule has 1 amide bonds. The SMILES string of the molecule is Cc1cc(C(CC(=O)NCC(c2ccco2)N2CCCC2)C2CC2)ccc1F. The van der Waals surface area contributed by atoms with Crippen molar-refractivity contribution < 1.29 is 13.6 Å². The second kappa shape index (κ2) is 8.48. The first kappa shape index (κ1) is 19.2. The minimum atomic E-state index is -0.186. The van der Waals surface area contributed by atoms with Gasteiger partial charge in [-0.1, -0.05) is 12.1 Å². The Morgan fingerprint density at radius 2 is 2.07 bits per heavy atom. The first-order valence-corrected chi connectivity index (χ1v) is 10.4. The first-order valence-electron chi connectivity index (χ1n) is 10.4. The van der Waals surface area contributed by atoms with Gasteiger partial charge in [0.25, 0.3) is 0 Å². The number of hydrogen-bond acceptors (Lipinski definition) is 3. The molecule has 0 radical (unpaired) electrons. The zero-order valence-electron chi connectivity index (χ0n) is 16.5. The molecule has 28 heavy (non-hydrogen) atoms. The molecule has 4 nitrogen and oxygen atoms in total. The molecule has 1 saturated heterocycles. The number of likely N-dealkylation sites (tertiary alicyclic amines) is 1. The summed E-state index contributed by atoms with van der Waals surface area (Å²) in [7, 11) is 0. The molecule has 0 spiro atoms. The van der Waals surface area contributed by atoms with Gasteiger partial charge in [-0.25, -0.2) is 4.39 Å². The molecule has 2 aromatic rings. The summed E-state index contributed by atoms with van der Waals surface area (Å²) < 4.78 is 19.3. The van der Waals surface area contributed by atoms with Gasteiger partial charge in [-0.15, -0.1) is 0 Å². The van der Waals surface area contributed by atoms with Crippen molar-refractivity contribution in [2.75, 3.05) is 19.6 Å². The molecular weight excluding hydrogens is 355 g/mol. The fourth-order valence-electron chi connectivity index (χ4n) is 4.38. The average Bonchev–Trinajstić information content (AvgIpc) is 3.15. The van der Waals surface area contributed by atoms with Crippen LogP contribution in [-0.4, -0.2) is 30.4 Å². The quantitative estimate of drug-likeness (QED) is 0.725. The Hall–Kier alpha value is -2.14. The van der Waals surface area contributed by atoms with Crippen LogP contribution in [0.15, 0.2) is 41.0 Å². The van der Waals surface area contributed by atoms with Gasteiger partial charge in [0.15, 0.2) is 0 Å². The number of aryl methyl sites for hydroxylation is 1. The van der Waals surface area contributed by atoms with Crippen molar-refractivity contribution in [3.8, 4) is 0 Å². The molecule has 1 saturated carbocycles. The summed E-state index contributed by atoms with van der Waals surface area (Å²) in [6, 6.07) is 9.26. The number of nitrogens with one attached hydrogen (secondary N) is 1. The van der Waals surface area contributed by atoms with Crippen LogP contribution >= 0.6 is 0 Å². The van der Waals surface area contributed by atoms with Gasteiger partial charge < -0.3 is 9.73 Å². The van der Waals surface area contributed by atoms with Crippen molar-refractivity contribution >= 4 is 5.91 Å². The highest BCUT2D eigenvalue weighted by molar-refractivity contribution is 5.77. The molecule has 2 unspecified atom stereocenters. The first-order chi connectivity index (χ1) is 13.6. The van der Waals surface area contributed by atoms with E-state index in [0.717, 1.165) is 37.3 Å². The third-order valence-electron chi connectivity index (χ3n) is 6.15. The van der Waals surface area contributed by atoms with Crippen LogP contribution in [0.5, 0.6) is 0 Å². The fourth-order valence-corrected chi connectivity index (χ4v) is 4.38. The normalized spacial score (nSPS) is 19.5. The smallest absolute Gasteiger partial charge is 0.220 e. The molecule has 1 N–H and O–H groups in total. The number of hydrogen-bond donors (Lipinski definition) is 1. The molecular formula is C23H29FN2O2. The molecule has 1 aromatic carbocycles. The van der Waals surface area contributed by atoms with Crippen LogP contribution in [0, 0.1) is 18.7 Å². The van der Waals surface area contributed by atoms with Crippen molar-refractivity contribution in [1.82, 2.24) is 10.2 Å². The van der Waals surface area contributed by atoms with E-state index in [-0.39, 0.29) is 23.7 Å². The lowest BCUT2D eigenvalue weighted by molar-refractivity contribution is -0.121. The molecule has 1 aliphatic heterocycles. The highest BCUT2D eigenvalue weighted by Crippen LogP contribution is 2.44. The van der Waals surface area contributed by atoms with Gasteiger partial charge in [-0.3, -0.25) is 9.69 Å². The minimum Gasteiger partial charge on any atom is -0.468 e. The maximum absolute atomic E-state index is 13.6. The van der Waals surface area contributed by atoms with Gasteiger partial charge >= 0.3 is 0 Å². The van der Waals surface area contributed by atoms with Gasteiger partial charge in [-0.05, 0) is 86.9 Å². The topological polar surface area (TPSA) is 45.5 Å². The van der Waals surface area contributed by atoms with Crippen LogP contribution in [0.3, 0.4) is 0 Å². The lowest BCUT2D eigenvalue weighted by atomic mass is 9.89. The summed E-state index contributed by atoms with van der Waals surface area (Å²) in [5.74, 6) is 1.50. The van der Waals surface area contributed by atoms with E-state index in [4.69, 9.17) is 4.42 Å². The Morgan fingerprint density at radius 3 is 2.71 bits per heavy atom. The molecule has 1 aromatic heterocycles. The van der Waals surface area contributed by atoms with Gasteiger partial charge in [0.05, 0.1) is 12.3 Å². The molecule has 0 bridgehead atoms. The van der Waals surface area contributed by atoms with E-state index in [0.29, 0.717) is 24.4 Å². The number of benzene rings is 1. The van der Waals surface area contributed by atoms with Crippen LogP contribution < -0.4 is 5.32 Å². The Bertz CT molecular complexity index is 795. The van der Waals surface area contributed by atoms with Gasteiger partial charge in [-0.2, -0.15) is 0 Å². The van der Waals surface area contributed by atoms with Crippen LogP contribution in [0.4, 0.5) is 4.39 Å². The summed E-state index contributed by atoms with van der Waals surface area (Å²) in [6.07, 6.45) is 6.84. The van der Waals surface area contributed by atoms with Crippen molar-refractivity contribution in [2.45, 2.75) is 51.0 Å². The Labute approximate surface area is 166 Å². The third-order valence-corrected chi connectivity index (χ3v) is 6.15. The van der Waals surface area contributed by atoms with E-state index in [1.807, 2.05) is 24.3 Å². The summed E-state index contributed by atoms with van der Waals surface area (Å²) in [5.41, 5.74) is 1.73. The lowest BCUT2D eigenvalue weighted by Gasteiger charge is -2.26. The molecule has 1 aliphatic carbocycles. The maximum atomic E-state index is 13.6. The van der Waals surface area contributed by atoms with Crippen LogP contribution in [-0.2, 0) is 4.79 Å². The molecule has 4 rings (SSSR count). The van der Waals surface area contributed by atoms with Crippen LogP contribution in [0.1, 0.15) is 61.0 Å². The van der Waals surface area contributed by atoms with E-state index in [2.05, 4.69) is 10.2 Å². The molecule has 2 aliphatic rings. The maximum Gasteiger partial charge on any atom is 0.220 e. The summed E-state index contributed by atoms with van der Waals surface area (Å²) >= 11 is 0. The molecule has 2 fully saturated rings. The average molecular weight is 384 g/mol. The number of nitrogens with zero attached hydrogens (tertiary/aromatic N) is 1. The van der Waals surface area contributed by atoms with Crippen molar-refractivity contribution in [3.05, 3.63) is 59.3 Å². The van der Waals surface area contributed by atoms with Crippen LogP contribution in [0.2, 0.25) is 0 Å². The molecule has 2 heterocycles. The second-order valence-corrected chi connectivity index (χ2v) is 8.24. The highest BCUT2D eigenvalue weighted by atomic mass is 19.1. The zero-order chi connectivity index (χ0) is 19.5. The Morgan fingerprint density at radius 1 is 1.29 bits per heavy atom. The van der Waals surface area contributed by atoms with E-state index >= 15 is 0 Å². The second-order valence-electron chi connectivity index (χ2n) is 8.24. The van der Waals surface area contributed by atoms with Crippen molar-refractivity contribution in [1.29, 1.82) is 0 Å². The standard InChI is InChI=1S/C23H29FN2O2/c1-16-13-18(8-9-20(16)24)19(17-6-7-17)14-23(27)25-15-21(22-5-4-12-28-22)26-10-2-3-11-26/h4-5,8-9,12-13,17,19,21H,2-3,6-7,10-11,14-15H2,1H3,(H,25,27). The predicted octanol–water partition coefficient (Wildman–Crippen LogP) is 4.56.